The zero-order valence-electron chi connectivity index (χ0n) is 10.4. The van der Waals surface area contributed by atoms with Crippen LogP contribution in [0.2, 0.25) is 0 Å². The number of hydrogen-bond donors (Lipinski definition) is 2. The van der Waals surface area contributed by atoms with Crippen molar-refractivity contribution in [3.63, 3.8) is 0 Å². The molecule has 3 N–H and O–H groups in total. The van der Waals surface area contributed by atoms with E-state index < -0.39 is 0 Å². The van der Waals surface area contributed by atoms with Crippen LogP contribution in [-0.2, 0) is 7.05 Å². The first-order valence-electron chi connectivity index (χ1n) is 5.71. The highest BCUT2D eigenvalue weighted by molar-refractivity contribution is 5.92. The second-order valence-corrected chi connectivity index (χ2v) is 4.21. The average molecular weight is 244 g/mol. The lowest BCUT2D eigenvalue weighted by Gasteiger charge is -2.16. The fraction of sp³-hybridized carbons (Fsp3) is 0.231. The quantitative estimate of drug-likeness (QED) is 0.803. The molecule has 0 saturated carbocycles. The molecule has 0 saturated heterocycles. The highest BCUT2D eigenvalue weighted by Crippen LogP contribution is 2.19. The molecule has 5 nitrogen and oxygen atoms in total. The molecule has 5 heteroatoms. The minimum Gasteiger partial charge on any atom is -0.398 e. The predicted octanol–water partition coefficient (Wildman–Crippen LogP) is 1.49. The third-order valence-corrected chi connectivity index (χ3v) is 2.86. The van der Waals surface area contributed by atoms with Crippen LogP contribution in [0.3, 0.4) is 0 Å². The van der Waals surface area contributed by atoms with Gasteiger partial charge in [0.15, 0.2) is 0 Å². The van der Waals surface area contributed by atoms with Gasteiger partial charge in [-0.1, -0.05) is 18.2 Å². The number of hydrogen-bond acceptors (Lipinski definition) is 3. The van der Waals surface area contributed by atoms with Gasteiger partial charge < -0.3 is 15.6 Å². The molecule has 1 atom stereocenters. The number of rotatable bonds is 3. The van der Waals surface area contributed by atoms with E-state index in [1.807, 2.05) is 31.2 Å². The second kappa shape index (κ2) is 4.91. The number of anilines is 1. The van der Waals surface area contributed by atoms with Gasteiger partial charge in [-0.2, -0.15) is 0 Å². The minimum atomic E-state index is -0.161. The van der Waals surface area contributed by atoms with Crippen LogP contribution < -0.4 is 11.1 Å². The van der Waals surface area contributed by atoms with Crippen LogP contribution in [0.25, 0.3) is 0 Å². The van der Waals surface area contributed by atoms with Gasteiger partial charge >= 0.3 is 0 Å². The minimum absolute atomic E-state index is 0.145. The molecule has 0 aliphatic carbocycles. The highest BCUT2D eigenvalue weighted by atomic mass is 16.2. The van der Waals surface area contributed by atoms with Gasteiger partial charge in [0.2, 0.25) is 0 Å². The van der Waals surface area contributed by atoms with Crippen LogP contribution in [0.5, 0.6) is 0 Å². The number of nitrogens with one attached hydrogen (secondary N) is 1. The summed E-state index contributed by atoms with van der Waals surface area (Å²) in [6.45, 7) is 1.90. The Morgan fingerprint density at radius 1 is 1.44 bits per heavy atom. The molecule has 0 fully saturated rings. The smallest absolute Gasteiger partial charge is 0.270 e. The molecule has 2 rings (SSSR count). The van der Waals surface area contributed by atoms with Gasteiger partial charge in [0, 0.05) is 12.7 Å². The van der Waals surface area contributed by atoms with Crippen LogP contribution in [0.15, 0.2) is 36.8 Å². The lowest BCUT2D eigenvalue weighted by molar-refractivity contribution is 0.0932. The number of amides is 1. The number of nitrogens with two attached hydrogens (primary N) is 1. The molecule has 94 valence electrons. The van der Waals surface area contributed by atoms with Crippen molar-refractivity contribution in [1.82, 2.24) is 14.9 Å². The molecule has 0 radical (unpaired) electrons. The maximum absolute atomic E-state index is 12.0. The Morgan fingerprint density at radius 2 is 2.17 bits per heavy atom. The number of carbonyl (C=O) groups excluding carboxylic acids is 1. The van der Waals surface area contributed by atoms with Crippen molar-refractivity contribution in [2.24, 2.45) is 7.05 Å². The number of nitrogen functional groups attached to an aromatic ring is 1. The monoisotopic (exact) mass is 244 g/mol. The van der Waals surface area contributed by atoms with Crippen LogP contribution in [0, 0.1) is 0 Å². The van der Waals surface area contributed by atoms with Crippen molar-refractivity contribution in [1.29, 1.82) is 0 Å². The van der Waals surface area contributed by atoms with Gasteiger partial charge in [0.25, 0.3) is 5.91 Å². The van der Waals surface area contributed by atoms with E-state index in [-0.39, 0.29) is 11.9 Å². The molecule has 0 spiro atoms. The summed E-state index contributed by atoms with van der Waals surface area (Å²) < 4.78 is 1.68. The molecule has 1 aromatic heterocycles. The van der Waals surface area contributed by atoms with Gasteiger partial charge in [-0.15, -0.1) is 0 Å². The number of carbonyl (C=O) groups is 1. The maximum Gasteiger partial charge on any atom is 0.270 e. The Bertz CT molecular complexity index is 562. The van der Waals surface area contributed by atoms with Gasteiger partial charge in [-0.25, -0.2) is 4.98 Å². The molecule has 1 aromatic carbocycles. The largest absolute Gasteiger partial charge is 0.398 e. The van der Waals surface area contributed by atoms with E-state index in [0.29, 0.717) is 11.4 Å². The zero-order valence-corrected chi connectivity index (χ0v) is 10.4. The lowest BCUT2D eigenvalue weighted by atomic mass is 10.1. The Morgan fingerprint density at radius 3 is 2.78 bits per heavy atom. The first-order valence-corrected chi connectivity index (χ1v) is 5.71. The molecule has 0 aliphatic heterocycles. The number of benzene rings is 1. The van der Waals surface area contributed by atoms with E-state index in [9.17, 15) is 4.79 Å². The van der Waals surface area contributed by atoms with E-state index in [1.54, 1.807) is 17.9 Å². The summed E-state index contributed by atoms with van der Waals surface area (Å²) in [6.07, 6.45) is 3.13. The van der Waals surface area contributed by atoms with Crippen LogP contribution in [0.4, 0.5) is 5.69 Å². The molecule has 18 heavy (non-hydrogen) atoms. The SMILES string of the molecule is CC(NC(=O)c1cncn1C)c1ccccc1N. The zero-order chi connectivity index (χ0) is 13.1. The second-order valence-electron chi connectivity index (χ2n) is 4.21. The van der Waals surface area contributed by atoms with Crippen molar-refractivity contribution in [3.05, 3.63) is 48.0 Å². The average Bonchev–Trinajstić information content (AvgIpc) is 2.76. The molecule has 1 heterocycles. The maximum atomic E-state index is 12.0. The Kier molecular flexibility index (Phi) is 3.32. The summed E-state index contributed by atoms with van der Waals surface area (Å²) >= 11 is 0. The van der Waals surface area contributed by atoms with Crippen molar-refractivity contribution < 1.29 is 4.79 Å². The topological polar surface area (TPSA) is 72.9 Å². The molecule has 0 bridgehead atoms. The van der Waals surface area contributed by atoms with E-state index in [0.717, 1.165) is 5.56 Å². The fourth-order valence-electron chi connectivity index (χ4n) is 1.83. The first-order chi connectivity index (χ1) is 8.59. The van der Waals surface area contributed by atoms with Gasteiger partial charge in [0.1, 0.15) is 5.69 Å². The van der Waals surface area contributed by atoms with Crippen LogP contribution in [0.1, 0.15) is 29.0 Å². The van der Waals surface area contributed by atoms with Gasteiger partial charge in [0.05, 0.1) is 18.6 Å². The fourth-order valence-corrected chi connectivity index (χ4v) is 1.83. The summed E-state index contributed by atoms with van der Waals surface area (Å²) in [4.78, 5) is 15.9. The number of aromatic nitrogens is 2. The molecule has 2 aromatic rings. The van der Waals surface area contributed by atoms with Crippen LogP contribution >= 0.6 is 0 Å². The molecule has 0 aliphatic rings. The number of nitrogens with zero attached hydrogens (tertiary/aromatic N) is 2. The number of imidazole rings is 1. The summed E-state index contributed by atoms with van der Waals surface area (Å²) in [5.41, 5.74) is 7.99. The number of aryl methyl sites for hydroxylation is 1. The van der Waals surface area contributed by atoms with Crippen molar-refractivity contribution in [3.8, 4) is 0 Å². The third-order valence-electron chi connectivity index (χ3n) is 2.86. The summed E-state index contributed by atoms with van der Waals surface area (Å²) in [5.74, 6) is -0.161. The molecular formula is C13H16N4O. The summed E-state index contributed by atoms with van der Waals surface area (Å²) in [5, 5.41) is 2.90. The Labute approximate surface area is 106 Å². The number of para-hydroxylation sites is 1. The predicted molar refractivity (Wildman–Crippen MR) is 69.9 cm³/mol. The summed E-state index contributed by atoms with van der Waals surface area (Å²) in [7, 11) is 1.78. The van der Waals surface area contributed by atoms with Crippen molar-refractivity contribution in [2.75, 3.05) is 5.73 Å². The van der Waals surface area contributed by atoms with E-state index >= 15 is 0 Å². The van der Waals surface area contributed by atoms with Gasteiger partial charge in [-0.3, -0.25) is 4.79 Å². The third kappa shape index (κ3) is 2.34. The first kappa shape index (κ1) is 12.2. The lowest BCUT2D eigenvalue weighted by Crippen LogP contribution is -2.28. The molecular weight excluding hydrogens is 228 g/mol. The Hall–Kier alpha value is -2.30. The highest BCUT2D eigenvalue weighted by Gasteiger charge is 2.15. The standard InChI is InChI=1S/C13H16N4O/c1-9(10-5-3-4-6-11(10)14)16-13(18)12-7-15-8-17(12)2/h3-9H,14H2,1-2H3,(H,16,18). The van der Waals surface area contributed by atoms with Crippen molar-refractivity contribution in [2.45, 2.75) is 13.0 Å². The molecule has 1 amide bonds. The van der Waals surface area contributed by atoms with Crippen LogP contribution in [-0.4, -0.2) is 15.5 Å². The normalized spacial score (nSPS) is 12.1. The van der Waals surface area contributed by atoms with Gasteiger partial charge in [-0.05, 0) is 18.6 Å². The summed E-state index contributed by atoms with van der Waals surface area (Å²) in [6, 6.07) is 7.35. The van der Waals surface area contributed by atoms with E-state index in [1.165, 1.54) is 6.20 Å². The molecule has 1 unspecified atom stereocenters. The van der Waals surface area contributed by atoms with E-state index in [2.05, 4.69) is 10.3 Å². The van der Waals surface area contributed by atoms with Crippen molar-refractivity contribution >= 4 is 11.6 Å². The van der Waals surface area contributed by atoms with E-state index in [4.69, 9.17) is 5.73 Å². The Balaban J connectivity index is 2.13.